The van der Waals surface area contributed by atoms with Crippen LogP contribution in [0.2, 0.25) is 0 Å². The number of carboxylic acids is 1. The van der Waals surface area contributed by atoms with Crippen LogP contribution in [0.15, 0.2) is 5.16 Å². The highest BCUT2D eigenvalue weighted by Gasteiger charge is 2.41. The van der Waals surface area contributed by atoms with Gasteiger partial charge in [0.2, 0.25) is 0 Å². The number of thioether (sulfide) groups is 1. The van der Waals surface area contributed by atoms with E-state index in [1.165, 1.54) is 43.9 Å². The molecule has 5 nitrogen and oxygen atoms in total. The minimum atomic E-state index is -0.803. The molecule has 110 valence electrons. The lowest BCUT2D eigenvalue weighted by molar-refractivity contribution is -0.133. The normalized spacial score (nSPS) is 25.0. The number of rotatable bonds is 5. The van der Waals surface area contributed by atoms with E-state index in [0.29, 0.717) is 12.0 Å². The van der Waals surface area contributed by atoms with E-state index >= 15 is 0 Å². The van der Waals surface area contributed by atoms with Crippen molar-refractivity contribution in [1.82, 2.24) is 14.8 Å². The van der Waals surface area contributed by atoms with E-state index < -0.39 is 5.97 Å². The first-order valence-corrected chi connectivity index (χ1v) is 8.27. The van der Waals surface area contributed by atoms with E-state index in [-0.39, 0.29) is 11.2 Å². The molecule has 1 unspecified atom stereocenters. The van der Waals surface area contributed by atoms with E-state index in [9.17, 15) is 4.79 Å². The number of carbonyl (C=O) groups is 1. The number of nitrogens with zero attached hydrogens (tertiary/aromatic N) is 3. The van der Waals surface area contributed by atoms with Gasteiger partial charge in [0.15, 0.2) is 5.16 Å². The van der Waals surface area contributed by atoms with Crippen LogP contribution in [0.5, 0.6) is 0 Å². The van der Waals surface area contributed by atoms with Crippen LogP contribution in [0.4, 0.5) is 0 Å². The Morgan fingerprint density at radius 2 is 2.15 bits per heavy atom. The quantitative estimate of drug-likeness (QED) is 0.845. The van der Waals surface area contributed by atoms with Crippen molar-refractivity contribution >= 4 is 17.7 Å². The van der Waals surface area contributed by atoms with Crippen molar-refractivity contribution in [3.8, 4) is 0 Å². The van der Waals surface area contributed by atoms with Crippen LogP contribution >= 0.6 is 11.8 Å². The van der Waals surface area contributed by atoms with Crippen LogP contribution < -0.4 is 0 Å². The summed E-state index contributed by atoms with van der Waals surface area (Å²) in [6.07, 6.45) is 5.97. The predicted octanol–water partition coefficient (Wildman–Crippen LogP) is 3.08. The van der Waals surface area contributed by atoms with Crippen molar-refractivity contribution < 1.29 is 9.90 Å². The first kappa shape index (κ1) is 13.9. The Morgan fingerprint density at radius 3 is 2.70 bits per heavy atom. The van der Waals surface area contributed by atoms with Gasteiger partial charge in [0, 0.05) is 12.0 Å². The molecular formula is C14H21N3O2S. The Kier molecular flexibility index (Phi) is 3.52. The van der Waals surface area contributed by atoms with E-state index in [2.05, 4.69) is 28.6 Å². The lowest BCUT2D eigenvalue weighted by atomic mass is 9.81. The predicted molar refractivity (Wildman–Crippen MR) is 77.0 cm³/mol. The topological polar surface area (TPSA) is 68.0 Å². The molecule has 20 heavy (non-hydrogen) atoms. The summed E-state index contributed by atoms with van der Waals surface area (Å²) >= 11 is 1.29. The van der Waals surface area contributed by atoms with Crippen molar-refractivity contribution in [3.05, 3.63) is 5.82 Å². The highest BCUT2D eigenvalue weighted by molar-refractivity contribution is 7.99. The highest BCUT2D eigenvalue weighted by atomic mass is 32.2. The third-order valence-electron chi connectivity index (χ3n) is 4.50. The van der Waals surface area contributed by atoms with Crippen LogP contribution in [-0.4, -0.2) is 31.6 Å². The standard InChI is InChI=1S/C14H21N3O2S/c1-14(2)7-3-4-10(14)12-15-16-13(20-8-11(18)19)17(12)9-5-6-9/h9-10H,3-8H2,1-2H3,(H,18,19). The number of aromatic nitrogens is 3. The van der Waals surface area contributed by atoms with Crippen LogP contribution in [0, 0.1) is 5.41 Å². The van der Waals surface area contributed by atoms with E-state index in [0.717, 1.165) is 11.0 Å². The van der Waals surface area contributed by atoms with E-state index in [4.69, 9.17) is 5.11 Å². The third-order valence-corrected chi connectivity index (χ3v) is 5.42. The van der Waals surface area contributed by atoms with Gasteiger partial charge in [0.25, 0.3) is 0 Å². The van der Waals surface area contributed by atoms with Gasteiger partial charge in [-0.25, -0.2) is 0 Å². The van der Waals surface area contributed by atoms with E-state index in [1.807, 2.05) is 0 Å². The summed E-state index contributed by atoms with van der Waals surface area (Å²) in [6.45, 7) is 4.61. The summed E-state index contributed by atoms with van der Waals surface area (Å²) in [5.41, 5.74) is 0.272. The van der Waals surface area contributed by atoms with Crippen molar-refractivity contribution in [2.45, 2.75) is 63.1 Å². The zero-order valence-corrected chi connectivity index (χ0v) is 12.8. The van der Waals surface area contributed by atoms with Gasteiger partial charge in [0.1, 0.15) is 5.82 Å². The van der Waals surface area contributed by atoms with Gasteiger partial charge >= 0.3 is 5.97 Å². The second-order valence-corrected chi connectivity index (χ2v) is 7.50. The summed E-state index contributed by atoms with van der Waals surface area (Å²) in [4.78, 5) is 10.8. The monoisotopic (exact) mass is 295 g/mol. The Labute approximate surface area is 123 Å². The third kappa shape index (κ3) is 2.57. The molecule has 1 atom stereocenters. The number of carboxylic acid groups (broad SMARTS) is 1. The molecule has 3 rings (SSSR count). The Morgan fingerprint density at radius 1 is 1.40 bits per heavy atom. The molecule has 0 spiro atoms. The largest absolute Gasteiger partial charge is 0.481 e. The molecule has 0 amide bonds. The van der Waals surface area contributed by atoms with Crippen LogP contribution in [0.1, 0.15) is 63.7 Å². The summed E-state index contributed by atoms with van der Waals surface area (Å²) in [6, 6.07) is 0.493. The fraction of sp³-hybridized carbons (Fsp3) is 0.786. The van der Waals surface area contributed by atoms with E-state index in [1.54, 1.807) is 0 Å². The average molecular weight is 295 g/mol. The molecule has 6 heteroatoms. The average Bonchev–Trinajstić information content (AvgIpc) is 3.03. The molecule has 1 aromatic heterocycles. The molecular weight excluding hydrogens is 274 g/mol. The Hall–Kier alpha value is -1.04. The van der Waals surface area contributed by atoms with Gasteiger partial charge in [-0.3, -0.25) is 4.79 Å². The van der Waals surface area contributed by atoms with Crippen molar-refractivity contribution in [2.75, 3.05) is 5.75 Å². The molecule has 1 aromatic rings. The molecule has 0 aliphatic heterocycles. The number of aliphatic carboxylic acids is 1. The fourth-order valence-electron chi connectivity index (χ4n) is 3.23. The highest BCUT2D eigenvalue weighted by Crippen LogP contribution is 2.50. The smallest absolute Gasteiger partial charge is 0.313 e. The molecule has 2 saturated carbocycles. The zero-order valence-electron chi connectivity index (χ0n) is 12.0. The molecule has 2 aliphatic rings. The second kappa shape index (κ2) is 5.06. The van der Waals surface area contributed by atoms with Gasteiger partial charge < -0.3 is 9.67 Å². The van der Waals surface area contributed by atoms with Crippen LogP contribution in [0.25, 0.3) is 0 Å². The van der Waals surface area contributed by atoms with Crippen LogP contribution in [-0.2, 0) is 4.79 Å². The van der Waals surface area contributed by atoms with Gasteiger partial charge in [0.05, 0.1) is 5.75 Å². The Bertz CT molecular complexity index is 522. The van der Waals surface area contributed by atoms with Gasteiger partial charge in [-0.15, -0.1) is 10.2 Å². The minimum Gasteiger partial charge on any atom is -0.481 e. The van der Waals surface area contributed by atoms with Crippen molar-refractivity contribution in [1.29, 1.82) is 0 Å². The van der Waals surface area contributed by atoms with Gasteiger partial charge in [-0.2, -0.15) is 0 Å². The van der Waals surface area contributed by atoms with Gasteiger partial charge in [-0.1, -0.05) is 32.0 Å². The molecule has 2 aliphatic carbocycles. The maximum Gasteiger partial charge on any atom is 0.313 e. The van der Waals surface area contributed by atoms with Crippen molar-refractivity contribution in [3.63, 3.8) is 0 Å². The lowest BCUT2D eigenvalue weighted by Gasteiger charge is -2.26. The summed E-state index contributed by atoms with van der Waals surface area (Å²) < 4.78 is 2.23. The Balaban J connectivity index is 1.89. The molecule has 1 heterocycles. The summed E-state index contributed by atoms with van der Waals surface area (Å²) in [7, 11) is 0. The second-order valence-electron chi connectivity index (χ2n) is 6.56. The van der Waals surface area contributed by atoms with Crippen LogP contribution in [0.3, 0.4) is 0 Å². The SMILES string of the molecule is CC1(C)CCCC1c1nnc(SCC(=O)O)n1C1CC1. The summed E-state index contributed by atoms with van der Waals surface area (Å²) in [5, 5.41) is 18.3. The molecule has 0 radical (unpaired) electrons. The maximum atomic E-state index is 10.8. The maximum absolute atomic E-state index is 10.8. The zero-order chi connectivity index (χ0) is 14.3. The molecule has 0 saturated heterocycles. The van der Waals surface area contributed by atoms with Crippen molar-refractivity contribution in [2.24, 2.45) is 5.41 Å². The number of hydrogen-bond donors (Lipinski definition) is 1. The molecule has 0 aromatic carbocycles. The molecule has 0 bridgehead atoms. The van der Waals surface area contributed by atoms with Gasteiger partial charge in [-0.05, 0) is 31.1 Å². The number of hydrogen-bond acceptors (Lipinski definition) is 4. The molecule has 1 N–H and O–H groups in total. The first-order chi connectivity index (χ1) is 9.49. The minimum absolute atomic E-state index is 0.0545. The first-order valence-electron chi connectivity index (χ1n) is 7.28. The fourth-order valence-corrected chi connectivity index (χ4v) is 3.96. The summed E-state index contributed by atoms with van der Waals surface area (Å²) in [5.74, 6) is 0.791. The molecule has 2 fully saturated rings. The lowest BCUT2D eigenvalue weighted by Crippen LogP contribution is -2.19.